The maximum atomic E-state index is 7.48. The molecule has 1 aliphatic rings. The molecule has 0 heterocycles. The highest BCUT2D eigenvalue weighted by Crippen LogP contribution is 2.27. The molecule has 2 atom stereocenters. The molecule has 94 valence electrons. The maximum Gasteiger partial charge on any atom is 0.0963 e. The molecule has 2 unspecified atom stereocenters. The average molecular weight is 226 g/mol. The lowest BCUT2D eigenvalue weighted by molar-refractivity contribution is -0.0118. The minimum absolute atomic E-state index is 0.224. The summed E-state index contributed by atoms with van der Waals surface area (Å²) in [5.74, 6) is 0.946. The first-order valence-electron chi connectivity index (χ1n) is 6.39. The van der Waals surface area contributed by atoms with E-state index in [0.717, 1.165) is 13.0 Å². The highest BCUT2D eigenvalue weighted by atomic mass is 16.5. The number of hydrogen-bond acceptors (Lipinski definition) is 2. The number of hydrogen-bond donors (Lipinski definition) is 2. The van der Waals surface area contributed by atoms with Crippen molar-refractivity contribution >= 4 is 5.84 Å². The van der Waals surface area contributed by atoms with Crippen LogP contribution >= 0.6 is 0 Å². The monoisotopic (exact) mass is 226 g/mol. The van der Waals surface area contributed by atoms with Gasteiger partial charge in [0.15, 0.2) is 0 Å². The van der Waals surface area contributed by atoms with Crippen LogP contribution in [0.1, 0.15) is 52.9 Å². The average Bonchev–Trinajstić information content (AvgIpc) is 2.20. The van der Waals surface area contributed by atoms with Crippen LogP contribution in [0.5, 0.6) is 0 Å². The van der Waals surface area contributed by atoms with E-state index in [1.54, 1.807) is 0 Å². The van der Waals surface area contributed by atoms with Crippen molar-refractivity contribution < 1.29 is 4.74 Å². The Kier molecular flexibility index (Phi) is 4.78. The second kappa shape index (κ2) is 5.67. The van der Waals surface area contributed by atoms with Crippen LogP contribution in [-0.4, -0.2) is 18.5 Å². The van der Waals surface area contributed by atoms with Gasteiger partial charge in [0, 0.05) is 12.0 Å². The molecule has 1 rings (SSSR count). The summed E-state index contributed by atoms with van der Waals surface area (Å²) in [5, 5.41) is 7.48. The second-order valence-electron chi connectivity index (χ2n) is 5.72. The van der Waals surface area contributed by atoms with E-state index in [2.05, 4.69) is 6.92 Å². The molecule has 0 aliphatic heterocycles. The van der Waals surface area contributed by atoms with Crippen LogP contribution in [0, 0.1) is 16.7 Å². The lowest BCUT2D eigenvalue weighted by Crippen LogP contribution is -2.33. The number of ether oxygens (including phenoxy) is 1. The lowest BCUT2D eigenvalue weighted by atomic mass is 9.87. The minimum Gasteiger partial charge on any atom is -0.387 e. The van der Waals surface area contributed by atoms with Crippen LogP contribution in [0.3, 0.4) is 0 Å². The number of nitrogens with one attached hydrogen (secondary N) is 1. The fraction of sp³-hybridized carbons (Fsp3) is 0.923. The van der Waals surface area contributed by atoms with Crippen molar-refractivity contribution in [3.05, 3.63) is 0 Å². The third-order valence-corrected chi connectivity index (χ3v) is 3.82. The highest BCUT2D eigenvalue weighted by Gasteiger charge is 2.25. The van der Waals surface area contributed by atoms with E-state index in [0.29, 0.717) is 12.0 Å². The van der Waals surface area contributed by atoms with E-state index in [1.807, 2.05) is 13.8 Å². The molecule has 1 saturated carbocycles. The smallest absolute Gasteiger partial charge is 0.0963 e. The zero-order valence-corrected chi connectivity index (χ0v) is 10.9. The van der Waals surface area contributed by atoms with E-state index in [4.69, 9.17) is 15.9 Å². The van der Waals surface area contributed by atoms with Gasteiger partial charge in [0.2, 0.25) is 0 Å². The van der Waals surface area contributed by atoms with Crippen molar-refractivity contribution in [1.82, 2.24) is 0 Å². The molecular weight excluding hydrogens is 200 g/mol. The summed E-state index contributed by atoms with van der Waals surface area (Å²) in [5.41, 5.74) is 5.32. The Morgan fingerprint density at radius 3 is 2.56 bits per heavy atom. The molecule has 0 amide bonds. The van der Waals surface area contributed by atoms with Gasteiger partial charge in [-0.05, 0) is 25.2 Å². The van der Waals surface area contributed by atoms with Gasteiger partial charge >= 0.3 is 0 Å². The van der Waals surface area contributed by atoms with E-state index < -0.39 is 0 Å². The van der Waals surface area contributed by atoms with Crippen LogP contribution in [0.2, 0.25) is 0 Å². The molecule has 1 aliphatic carbocycles. The van der Waals surface area contributed by atoms with E-state index in [1.165, 1.54) is 25.7 Å². The summed E-state index contributed by atoms with van der Waals surface area (Å²) in [6, 6.07) is 0. The summed E-state index contributed by atoms with van der Waals surface area (Å²) < 4.78 is 5.93. The van der Waals surface area contributed by atoms with Crippen molar-refractivity contribution in [3.63, 3.8) is 0 Å². The standard InChI is InChI=1S/C13H26N2O/c1-10-6-4-5-7-11(10)16-9-8-13(2,3)12(14)15/h10-11H,4-9H2,1-3H3,(H3,14,15). The van der Waals surface area contributed by atoms with Crippen molar-refractivity contribution in [3.8, 4) is 0 Å². The number of nitrogens with two attached hydrogens (primary N) is 1. The van der Waals surface area contributed by atoms with Crippen molar-refractivity contribution in [2.24, 2.45) is 17.1 Å². The van der Waals surface area contributed by atoms with Gasteiger partial charge in [0.1, 0.15) is 0 Å². The molecule has 0 radical (unpaired) electrons. The zero-order valence-electron chi connectivity index (χ0n) is 10.9. The van der Waals surface area contributed by atoms with Crippen LogP contribution in [0.15, 0.2) is 0 Å². The molecule has 0 spiro atoms. The van der Waals surface area contributed by atoms with Gasteiger partial charge in [-0.15, -0.1) is 0 Å². The summed E-state index contributed by atoms with van der Waals surface area (Å²) in [6.45, 7) is 7.01. The Morgan fingerprint density at radius 2 is 2.00 bits per heavy atom. The summed E-state index contributed by atoms with van der Waals surface area (Å²) >= 11 is 0. The van der Waals surface area contributed by atoms with Crippen molar-refractivity contribution in [2.45, 2.75) is 59.0 Å². The Bertz CT molecular complexity index is 238. The Labute approximate surface area is 99.3 Å². The Balaban J connectivity index is 2.26. The minimum atomic E-state index is -0.224. The third kappa shape index (κ3) is 3.78. The van der Waals surface area contributed by atoms with E-state index >= 15 is 0 Å². The zero-order chi connectivity index (χ0) is 12.2. The van der Waals surface area contributed by atoms with Gasteiger partial charge in [-0.2, -0.15) is 0 Å². The van der Waals surface area contributed by atoms with E-state index in [9.17, 15) is 0 Å². The van der Waals surface area contributed by atoms with Gasteiger partial charge in [-0.3, -0.25) is 5.41 Å². The second-order valence-corrected chi connectivity index (χ2v) is 5.72. The molecule has 0 saturated heterocycles. The van der Waals surface area contributed by atoms with Crippen LogP contribution < -0.4 is 5.73 Å². The molecule has 0 aromatic rings. The van der Waals surface area contributed by atoms with Crippen LogP contribution in [0.25, 0.3) is 0 Å². The number of amidine groups is 1. The Morgan fingerprint density at radius 1 is 1.38 bits per heavy atom. The topological polar surface area (TPSA) is 59.1 Å². The predicted octanol–water partition coefficient (Wildman–Crippen LogP) is 2.93. The fourth-order valence-electron chi connectivity index (χ4n) is 2.13. The van der Waals surface area contributed by atoms with Gasteiger partial charge in [0.05, 0.1) is 11.9 Å². The lowest BCUT2D eigenvalue weighted by Gasteiger charge is -2.30. The number of rotatable bonds is 5. The van der Waals surface area contributed by atoms with Crippen molar-refractivity contribution in [1.29, 1.82) is 5.41 Å². The molecular formula is C13H26N2O. The maximum absolute atomic E-state index is 7.48. The molecule has 3 nitrogen and oxygen atoms in total. The van der Waals surface area contributed by atoms with Gasteiger partial charge in [-0.25, -0.2) is 0 Å². The first-order valence-corrected chi connectivity index (χ1v) is 6.39. The van der Waals surface area contributed by atoms with Crippen LogP contribution in [-0.2, 0) is 4.74 Å². The quantitative estimate of drug-likeness (QED) is 0.559. The summed E-state index contributed by atoms with van der Waals surface area (Å²) in [7, 11) is 0. The molecule has 0 aromatic carbocycles. The summed E-state index contributed by atoms with van der Waals surface area (Å²) in [4.78, 5) is 0. The van der Waals surface area contributed by atoms with Crippen molar-refractivity contribution in [2.75, 3.05) is 6.61 Å². The Hall–Kier alpha value is -0.570. The van der Waals surface area contributed by atoms with Gasteiger partial charge in [0.25, 0.3) is 0 Å². The summed E-state index contributed by atoms with van der Waals surface area (Å²) in [6.07, 6.45) is 6.40. The van der Waals surface area contributed by atoms with Crippen LogP contribution in [0.4, 0.5) is 0 Å². The molecule has 1 fully saturated rings. The predicted molar refractivity (Wildman–Crippen MR) is 67.7 cm³/mol. The SMILES string of the molecule is CC1CCCCC1OCCC(C)(C)C(=N)N. The largest absolute Gasteiger partial charge is 0.387 e. The molecule has 16 heavy (non-hydrogen) atoms. The first-order chi connectivity index (χ1) is 7.43. The first kappa shape index (κ1) is 13.5. The molecule has 3 heteroatoms. The van der Waals surface area contributed by atoms with E-state index in [-0.39, 0.29) is 11.3 Å². The molecule has 0 bridgehead atoms. The fourth-order valence-corrected chi connectivity index (χ4v) is 2.13. The molecule has 0 aromatic heterocycles. The molecule has 3 N–H and O–H groups in total. The van der Waals surface area contributed by atoms with Gasteiger partial charge in [-0.1, -0.05) is 33.6 Å². The van der Waals surface area contributed by atoms with Gasteiger partial charge < -0.3 is 10.5 Å². The normalized spacial score (nSPS) is 26.7. The highest BCUT2D eigenvalue weighted by molar-refractivity contribution is 5.82. The third-order valence-electron chi connectivity index (χ3n) is 3.82.